The molecule has 0 aliphatic rings. The predicted molar refractivity (Wildman–Crippen MR) is 53.8 cm³/mol. The number of aromatic nitrogens is 4. The molecule has 2 aromatic rings. The molecule has 0 spiro atoms. The second-order valence-corrected chi connectivity index (χ2v) is 3.56. The van der Waals surface area contributed by atoms with Gasteiger partial charge in [0.2, 0.25) is 0 Å². The van der Waals surface area contributed by atoms with Gasteiger partial charge < -0.3 is 9.13 Å². The van der Waals surface area contributed by atoms with E-state index in [-0.39, 0.29) is 0 Å². The van der Waals surface area contributed by atoms with E-state index in [1.54, 1.807) is 0 Å². The Bertz CT molecular complexity index is 373. The lowest BCUT2D eigenvalue weighted by atomic mass is 10.2. The van der Waals surface area contributed by atoms with Gasteiger partial charge in [0.15, 0.2) is 0 Å². The number of imidazole rings is 2. The summed E-state index contributed by atoms with van der Waals surface area (Å²) in [7, 11) is 3.97. The van der Waals surface area contributed by atoms with Gasteiger partial charge in [0.25, 0.3) is 0 Å². The second kappa shape index (κ2) is 3.65. The lowest BCUT2D eigenvalue weighted by molar-refractivity contribution is 0.884. The summed E-state index contributed by atoms with van der Waals surface area (Å²) in [5.41, 5.74) is 2.25. The molecule has 74 valence electrons. The lowest BCUT2D eigenvalue weighted by Gasteiger charge is -1.92. The molecule has 0 atom stereocenters. The molecular formula is C10H14N4. The predicted octanol–water partition coefficient (Wildman–Crippen LogP) is 0.939. The highest BCUT2D eigenvalue weighted by Gasteiger charge is 2.00. The van der Waals surface area contributed by atoms with Crippen molar-refractivity contribution >= 4 is 0 Å². The van der Waals surface area contributed by atoms with E-state index in [9.17, 15) is 0 Å². The van der Waals surface area contributed by atoms with Crippen LogP contribution in [-0.2, 0) is 26.9 Å². The molecular weight excluding hydrogens is 176 g/mol. The number of hydrogen-bond donors (Lipinski definition) is 0. The maximum Gasteiger partial charge on any atom is 0.0946 e. The number of aryl methyl sites for hydroxylation is 4. The molecule has 0 aliphatic heterocycles. The maximum absolute atomic E-state index is 4.27. The molecule has 4 nitrogen and oxygen atoms in total. The van der Waals surface area contributed by atoms with Gasteiger partial charge in [0.1, 0.15) is 0 Å². The number of hydrogen-bond acceptors (Lipinski definition) is 2. The summed E-state index contributed by atoms with van der Waals surface area (Å²) in [5.74, 6) is 0. The molecule has 0 aliphatic carbocycles. The van der Waals surface area contributed by atoms with E-state index in [0.717, 1.165) is 24.2 Å². The fourth-order valence-electron chi connectivity index (χ4n) is 1.45. The summed E-state index contributed by atoms with van der Waals surface area (Å²) in [4.78, 5) is 8.53. The molecule has 14 heavy (non-hydrogen) atoms. The summed E-state index contributed by atoms with van der Waals surface area (Å²) in [5, 5.41) is 0. The minimum Gasteiger partial charge on any atom is -0.340 e. The quantitative estimate of drug-likeness (QED) is 0.722. The molecule has 0 bridgehead atoms. The van der Waals surface area contributed by atoms with Crippen LogP contribution in [-0.4, -0.2) is 19.1 Å². The highest BCUT2D eigenvalue weighted by atomic mass is 15.0. The highest BCUT2D eigenvalue weighted by Crippen LogP contribution is 2.02. The fourth-order valence-corrected chi connectivity index (χ4v) is 1.45. The van der Waals surface area contributed by atoms with Crippen LogP contribution in [0, 0.1) is 0 Å². The van der Waals surface area contributed by atoms with Crippen molar-refractivity contribution in [2.75, 3.05) is 0 Å². The Labute approximate surface area is 83.2 Å². The first-order chi connectivity index (χ1) is 6.74. The topological polar surface area (TPSA) is 35.6 Å². The number of nitrogens with zero attached hydrogens (tertiary/aromatic N) is 4. The molecule has 2 heterocycles. The zero-order chi connectivity index (χ0) is 9.97. The molecule has 2 aromatic heterocycles. The first-order valence-corrected chi connectivity index (χ1v) is 4.68. The minimum atomic E-state index is 0.956. The smallest absolute Gasteiger partial charge is 0.0946 e. The maximum atomic E-state index is 4.27. The average molecular weight is 190 g/mol. The second-order valence-electron chi connectivity index (χ2n) is 3.56. The minimum absolute atomic E-state index is 0.956. The molecule has 0 amide bonds. The monoisotopic (exact) mass is 190 g/mol. The molecule has 0 aromatic carbocycles. The van der Waals surface area contributed by atoms with E-state index >= 15 is 0 Å². The Morgan fingerprint density at radius 2 is 1.36 bits per heavy atom. The van der Waals surface area contributed by atoms with Crippen molar-refractivity contribution in [3.8, 4) is 0 Å². The Kier molecular flexibility index (Phi) is 2.35. The first kappa shape index (κ1) is 8.99. The van der Waals surface area contributed by atoms with Crippen LogP contribution in [0.15, 0.2) is 25.0 Å². The van der Waals surface area contributed by atoms with Crippen molar-refractivity contribution in [3.05, 3.63) is 36.4 Å². The fraction of sp³-hybridized carbons (Fsp3) is 0.400. The third-order valence-electron chi connectivity index (χ3n) is 2.15. The van der Waals surface area contributed by atoms with Crippen LogP contribution < -0.4 is 0 Å². The molecule has 4 heteroatoms. The van der Waals surface area contributed by atoms with E-state index in [1.165, 1.54) is 0 Å². The van der Waals surface area contributed by atoms with Crippen molar-refractivity contribution < 1.29 is 0 Å². The van der Waals surface area contributed by atoms with E-state index in [0.29, 0.717) is 0 Å². The van der Waals surface area contributed by atoms with Crippen molar-refractivity contribution in [1.82, 2.24) is 19.1 Å². The summed E-state index contributed by atoms with van der Waals surface area (Å²) in [6.07, 6.45) is 9.66. The van der Waals surface area contributed by atoms with E-state index in [4.69, 9.17) is 0 Å². The van der Waals surface area contributed by atoms with Gasteiger partial charge in [-0.05, 0) is 12.8 Å². The third-order valence-corrected chi connectivity index (χ3v) is 2.15. The van der Waals surface area contributed by atoms with Gasteiger partial charge in [0, 0.05) is 26.5 Å². The van der Waals surface area contributed by atoms with Crippen LogP contribution in [0.3, 0.4) is 0 Å². The van der Waals surface area contributed by atoms with Crippen molar-refractivity contribution in [2.45, 2.75) is 12.8 Å². The van der Waals surface area contributed by atoms with E-state index in [1.807, 2.05) is 48.3 Å². The van der Waals surface area contributed by atoms with E-state index < -0.39 is 0 Å². The van der Waals surface area contributed by atoms with Gasteiger partial charge in [-0.25, -0.2) is 9.97 Å². The lowest BCUT2D eigenvalue weighted by Crippen LogP contribution is -1.91. The van der Waals surface area contributed by atoms with Crippen LogP contribution >= 0.6 is 0 Å². The Morgan fingerprint density at radius 1 is 0.929 bits per heavy atom. The largest absolute Gasteiger partial charge is 0.340 e. The van der Waals surface area contributed by atoms with Gasteiger partial charge in [-0.1, -0.05) is 0 Å². The standard InChI is InChI=1S/C10H14N4/c1-13-5-9(11-7-13)3-4-10-6-14(2)8-12-10/h5-8H,3-4H2,1-2H3. The normalized spacial score (nSPS) is 10.7. The van der Waals surface area contributed by atoms with Gasteiger partial charge in [-0.2, -0.15) is 0 Å². The third kappa shape index (κ3) is 2.02. The summed E-state index contributed by atoms with van der Waals surface area (Å²) in [6.45, 7) is 0. The van der Waals surface area contributed by atoms with Crippen LogP contribution in [0.4, 0.5) is 0 Å². The summed E-state index contributed by atoms with van der Waals surface area (Å²) < 4.78 is 3.93. The molecule has 0 fully saturated rings. The zero-order valence-corrected chi connectivity index (χ0v) is 8.51. The highest BCUT2D eigenvalue weighted by molar-refractivity contribution is 5.03. The molecule has 0 saturated heterocycles. The first-order valence-electron chi connectivity index (χ1n) is 4.68. The summed E-state index contributed by atoms with van der Waals surface area (Å²) in [6, 6.07) is 0. The van der Waals surface area contributed by atoms with Gasteiger partial charge in [-0.3, -0.25) is 0 Å². The Hall–Kier alpha value is -1.58. The van der Waals surface area contributed by atoms with Gasteiger partial charge in [0.05, 0.1) is 24.0 Å². The van der Waals surface area contributed by atoms with Crippen LogP contribution in [0.2, 0.25) is 0 Å². The van der Waals surface area contributed by atoms with Crippen LogP contribution in [0.25, 0.3) is 0 Å². The van der Waals surface area contributed by atoms with Crippen molar-refractivity contribution in [1.29, 1.82) is 0 Å². The Morgan fingerprint density at radius 3 is 1.64 bits per heavy atom. The van der Waals surface area contributed by atoms with Crippen molar-refractivity contribution in [2.24, 2.45) is 14.1 Å². The number of rotatable bonds is 3. The van der Waals surface area contributed by atoms with Crippen LogP contribution in [0.1, 0.15) is 11.4 Å². The van der Waals surface area contributed by atoms with Gasteiger partial charge in [-0.15, -0.1) is 0 Å². The molecule has 0 saturated carbocycles. The molecule has 0 radical (unpaired) electrons. The van der Waals surface area contributed by atoms with Gasteiger partial charge >= 0.3 is 0 Å². The van der Waals surface area contributed by atoms with Crippen molar-refractivity contribution in [3.63, 3.8) is 0 Å². The molecule has 0 unspecified atom stereocenters. The Balaban J connectivity index is 1.94. The SMILES string of the molecule is Cn1cnc(CCc2cn(C)cn2)c1. The summed E-state index contributed by atoms with van der Waals surface area (Å²) >= 11 is 0. The van der Waals surface area contributed by atoms with Crippen LogP contribution in [0.5, 0.6) is 0 Å². The van der Waals surface area contributed by atoms with E-state index in [2.05, 4.69) is 9.97 Å². The molecule has 0 N–H and O–H groups in total. The average Bonchev–Trinajstić information content (AvgIpc) is 2.72. The molecule has 2 rings (SSSR count). The zero-order valence-electron chi connectivity index (χ0n) is 8.51.